The van der Waals surface area contributed by atoms with Crippen molar-refractivity contribution in [1.82, 2.24) is 9.97 Å². The molecule has 0 aromatic carbocycles. The molecule has 1 aromatic heterocycles. The Hall–Kier alpha value is -1.80. The Balaban J connectivity index is 2.72. The quantitative estimate of drug-likeness (QED) is 0.692. The normalized spacial score (nSPS) is 11.6. The van der Waals surface area contributed by atoms with Gasteiger partial charge in [-0.15, -0.1) is 0 Å². The van der Waals surface area contributed by atoms with Crippen LogP contribution in [0.5, 0.6) is 0 Å². The van der Waals surface area contributed by atoms with E-state index in [2.05, 4.69) is 20.6 Å². The number of halogens is 4. The summed E-state index contributed by atoms with van der Waals surface area (Å²) in [6.07, 6.45) is -3.74. The molecule has 0 aliphatic rings. The van der Waals surface area contributed by atoms with E-state index in [1.807, 2.05) is 0 Å². The number of alkyl halides is 4. The largest absolute Gasteiger partial charge is 0.373 e. The van der Waals surface area contributed by atoms with Crippen LogP contribution in [0.25, 0.3) is 0 Å². The van der Waals surface area contributed by atoms with Crippen LogP contribution in [0.3, 0.4) is 0 Å². The average Bonchev–Trinajstić information content (AvgIpc) is 2.25. The van der Waals surface area contributed by atoms with Crippen molar-refractivity contribution >= 4 is 17.6 Å². The summed E-state index contributed by atoms with van der Waals surface area (Å²) >= 11 is 0. The van der Waals surface area contributed by atoms with Gasteiger partial charge in [0.25, 0.3) is 0 Å². The maximum Gasteiger partial charge on any atom is 0.324 e. The van der Waals surface area contributed by atoms with E-state index < -0.39 is 18.9 Å². The van der Waals surface area contributed by atoms with Gasteiger partial charge in [-0.3, -0.25) is 0 Å². The highest BCUT2D eigenvalue weighted by Gasteiger charge is 2.40. The molecule has 1 heterocycles. The van der Waals surface area contributed by atoms with Crippen LogP contribution in [-0.4, -0.2) is 35.9 Å². The summed E-state index contributed by atoms with van der Waals surface area (Å²) in [5.41, 5.74) is 5.30. The predicted molar refractivity (Wildman–Crippen MR) is 55.4 cm³/mol. The lowest BCUT2D eigenvalue weighted by atomic mass is 10.3. The maximum atomic E-state index is 12.6. The molecule has 17 heavy (non-hydrogen) atoms. The molecular formula is C8H11F4N5. The Morgan fingerprint density at radius 2 is 1.94 bits per heavy atom. The Labute approximate surface area is 94.4 Å². The number of aromatic nitrogens is 2. The second-order valence-corrected chi connectivity index (χ2v) is 3.16. The van der Waals surface area contributed by atoms with Crippen LogP contribution >= 0.6 is 0 Å². The van der Waals surface area contributed by atoms with Crippen molar-refractivity contribution in [2.75, 3.05) is 30.0 Å². The van der Waals surface area contributed by atoms with Gasteiger partial charge >= 0.3 is 12.3 Å². The number of rotatable bonds is 5. The van der Waals surface area contributed by atoms with Crippen molar-refractivity contribution in [3.05, 3.63) is 6.07 Å². The van der Waals surface area contributed by atoms with E-state index in [0.717, 1.165) is 0 Å². The standard InChI is InChI=1S/C8H11F4N5/c1-14-4-2-5(17-7(13)16-4)15-3-8(11,12)6(9)10/h2,6H,3H2,1H3,(H4,13,14,15,16,17). The molecule has 1 rings (SSSR count). The Morgan fingerprint density at radius 1 is 1.35 bits per heavy atom. The van der Waals surface area contributed by atoms with Crippen molar-refractivity contribution in [2.24, 2.45) is 0 Å². The molecule has 0 saturated carbocycles. The van der Waals surface area contributed by atoms with Gasteiger partial charge in [-0.2, -0.15) is 18.7 Å². The Bertz CT molecular complexity index is 384. The van der Waals surface area contributed by atoms with Crippen molar-refractivity contribution in [2.45, 2.75) is 12.3 Å². The maximum absolute atomic E-state index is 12.6. The van der Waals surface area contributed by atoms with Gasteiger partial charge in [0.2, 0.25) is 5.95 Å². The molecule has 0 aliphatic carbocycles. The summed E-state index contributed by atoms with van der Waals surface area (Å²) < 4.78 is 49.0. The zero-order valence-corrected chi connectivity index (χ0v) is 8.85. The minimum Gasteiger partial charge on any atom is -0.373 e. The van der Waals surface area contributed by atoms with Gasteiger partial charge in [0.15, 0.2) is 0 Å². The summed E-state index contributed by atoms with van der Waals surface area (Å²) in [6, 6.07) is 1.28. The van der Waals surface area contributed by atoms with Gasteiger partial charge in [0.05, 0.1) is 6.54 Å². The van der Waals surface area contributed by atoms with E-state index in [9.17, 15) is 17.6 Å². The molecule has 4 N–H and O–H groups in total. The lowest BCUT2D eigenvalue weighted by Gasteiger charge is -2.16. The highest BCUT2D eigenvalue weighted by atomic mass is 19.3. The monoisotopic (exact) mass is 253 g/mol. The number of nitrogens with one attached hydrogen (secondary N) is 2. The first kappa shape index (κ1) is 13.3. The van der Waals surface area contributed by atoms with Crippen molar-refractivity contribution in [3.63, 3.8) is 0 Å². The molecule has 5 nitrogen and oxygen atoms in total. The first-order valence-electron chi connectivity index (χ1n) is 4.57. The van der Waals surface area contributed by atoms with Crippen LogP contribution < -0.4 is 16.4 Å². The second-order valence-electron chi connectivity index (χ2n) is 3.16. The molecule has 1 aromatic rings. The van der Waals surface area contributed by atoms with Crippen LogP contribution in [-0.2, 0) is 0 Å². The van der Waals surface area contributed by atoms with Gasteiger partial charge in [0.1, 0.15) is 11.6 Å². The van der Waals surface area contributed by atoms with Gasteiger partial charge in [-0.25, -0.2) is 8.78 Å². The summed E-state index contributed by atoms with van der Waals surface area (Å²) in [4.78, 5) is 7.29. The molecule has 9 heteroatoms. The minimum atomic E-state index is -4.13. The number of nitrogen functional groups attached to an aromatic ring is 1. The molecule has 0 radical (unpaired) electrons. The van der Waals surface area contributed by atoms with E-state index in [-0.39, 0.29) is 11.8 Å². The number of nitrogens with zero attached hydrogens (tertiary/aromatic N) is 2. The fourth-order valence-corrected chi connectivity index (χ4v) is 0.970. The molecule has 0 saturated heterocycles. The second kappa shape index (κ2) is 5.02. The third kappa shape index (κ3) is 3.61. The highest BCUT2D eigenvalue weighted by molar-refractivity contribution is 5.50. The van der Waals surface area contributed by atoms with Crippen LogP contribution in [0.2, 0.25) is 0 Å². The molecule has 0 bridgehead atoms. The fraction of sp³-hybridized carbons (Fsp3) is 0.500. The van der Waals surface area contributed by atoms with Crippen molar-refractivity contribution in [1.29, 1.82) is 0 Å². The van der Waals surface area contributed by atoms with Crippen LogP contribution in [0, 0.1) is 0 Å². The fourth-order valence-electron chi connectivity index (χ4n) is 0.970. The SMILES string of the molecule is CNc1cc(NCC(F)(F)C(F)F)nc(N)n1. The van der Waals surface area contributed by atoms with Crippen LogP contribution in [0.1, 0.15) is 0 Å². The summed E-state index contributed by atoms with van der Waals surface area (Å²) in [5.74, 6) is -4.04. The van der Waals surface area contributed by atoms with Crippen molar-refractivity contribution < 1.29 is 17.6 Å². The molecule has 96 valence electrons. The third-order valence-corrected chi connectivity index (χ3v) is 1.82. The zero-order valence-electron chi connectivity index (χ0n) is 8.85. The lowest BCUT2D eigenvalue weighted by molar-refractivity contribution is -0.117. The molecule has 0 atom stereocenters. The lowest BCUT2D eigenvalue weighted by Crippen LogP contribution is -2.35. The summed E-state index contributed by atoms with van der Waals surface area (Å²) in [5, 5.41) is 4.70. The van der Waals surface area contributed by atoms with Gasteiger partial charge < -0.3 is 16.4 Å². The molecule has 0 unspecified atom stereocenters. The number of anilines is 3. The molecule has 0 fully saturated rings. The molecule has 0 spiro atoms. The number of hydrogen-bond donors (Lipinski definition) is 3. The smallest absolute Gasteiger partial charge is 0.324 e. The Kier molecular flexibility index (Phi) is 3.92. The zero-order chi connectivity index (χ0) is 13.1. The topological polar surface area (TPSA) is 75.9 Å². The van der Waals surface area contributed by atoms with E-state index >= 15 is 0 Å². The number of nitrogens with two attached hydrogens (primary N) is 1. The minimum absolute atomic E-state index is 0.0535. The van der Waals surface area contributed by atoms with Crippen molar-refractivity contribution in [3.8, 4) is 0 Å². The highest BCUT2D eigenvalue weighted by Crippen LogP contribution is 2.23. The van der Waals surface area contributed by atoms with E-state index in [1.165, 1.54) is 6.07 Å². The van der Waals surface area contributed by atoms with Crippen LogP contribution in [0.4, 0.5) is 35.1 Å². The van der Waals surface area contributed by atoms with Gasteiger partial charge in [0, 0.05) is 13.1 Å². The van der Waals surface area contributed by atoms with Crippen LogP contribution in [0.15, 0.2) is 6.07 Å². The first-order valence-corrected chi connectivity index (χ1v) is 4.57. The Morgan fingerprint density at radius 3 is 2.47 bits per heavy atom. The molecule has 0 aliphatic heterocycles. The summed E-state index contributed by atoms with van der Waals surface area (Å²) in [7, 11) is 1.54. The predicted octanol–water partition coefficient (Wildman–Crippen LogP) is 1.41. The van der Waals surface area contributed by atoms with E-state index in [4.69, 9.17) is 5.73 Å². The first-order chi connectivity index (χ1) is 7.85. The number of hydrogen-bond acceptors (Lipinski definition) is 5. The van der Waals surface area contributed by atoms with Gasteiger partial charge in [-0.1, -0.05) is 0 Å². The average molecular weight is 253 g/mol. The molecule has 0 amide bonds. The van der Waals surface area contributed by atoms with E-state index in [1.54, 1.807) is 7.05 Å². The van der Waals surface area contributed by atoms with E-state index in [0.29, 0.717) is 5.82 Å². The summed E-state index contributed by atoms with van der Waals surface area (Å²) in [6.45, 7) is -1.23. The van der Waals surface area contributed by atoms with Gasteiger partial charge in [-0.05, 0) is 0 Å². The molecular weight excluding hydrogens is 242 g/mol. The third-order valence-electron chi connectivity index (χ3n) is 1.82.